The molecule has 2 aliphatic rings. The van der Waals surface area contributed by atoms with E-state index in [4.69, 9.17) is 9.72 Å². The quantitative estimate of drug-likeness (QED) is 0.947. The number of nitrogens with zero attached hydrogens (tertiary/aromatic N) is 3. The fourth-order valence-electron chi connectivity index (χ4n) is 3.69. The highest BCUT2D eigenvalue weighted by atomic mass is 16.5. The molecule has 22 heavy (non-hydrogen) atoms. The fourth-order valence-corrected chi connectivity index (χ4v) is 3.69. The predicted molar refractivity (Wildman–Crippen MR) is 85.7 cm³/mol. The Morgan fingerprint density at radius 1 is 1.23 bits per heavy atom. The molecule has 4 heterocycles. The van der Waals surface area contributed by atoms with Gasteiger partial charge >= 0.3 is 0 Å². The van der Waals surface area contributed by atoms with Crippen molar-refractivity contribution in [2.75, 3.05) is 19.7 Å². The molecule has 0 aliphatic carbocycles. The van der Waals surface area contributed by atoms with Gasteiger partial charge in [0.2, 0.25) is 0 Å². The SMILES string of the molecule is c1cnc2c(c1)nc(CC1CCNCC1)n2C1CCCCO1. The molecule has 2 aliphatic heterocycles. The third-order valence-electron chi connectivity index (χ3n) is 4.90. The Bertz CT molecular complexity index is 627. The standard InChI is InChI=1S/C17H24N4O/c1-2-11-22-16(5-1)21-15(12-13-6-9-18-10-7-13)20-14-4-3-8-19-17(14)21/h3-4,8,13,16,18H,1-2,5-7,9-12H2. The second kappa shape index (κ2) is 6.34. The first-order valence-corrected chi connectivity index (χ1v) is 8.56. The molecule has 1 unspecified atom stereocenters. The van der Waals surface area contributed by atoms with Crippen LogP contribution in [0.3, 0.4) is 0 Å². The molecular weight excluding hydrogens is 276 g/mol. The van der Waals surface area contributed by atoms with Gasteiger partial charge in [-0.1, -0.05) is 0 Å². The largest absolute Gasteiger partial charge is 0.358 e. The zero-order valence-electron chi connectivity index (χ0n) is 13.0. The smallest absolute Gasteiger partial charge is 0.162 e. The van der Waals surface area contributed by atoms with Crippen LogP contribution in [0, 0.1) is 5.92 Å². The van der Waals surface area contributed by atoms with Crippen molar-refractivity contribution in [3.05, 3.63) is 24.2 Å². The second-order valence-electron chi connectivity index (χ2n) is 6.46. The van der Waals surface area contributed by atoms with Gasteiger partial charge in [-0.05, 0) is 63.2 Å². The summed E-state index contributed by atoms with van der Waals surface area (Å²) in [7, 11) is 0. The summed E-state index contributed by atoms with van der Waals surface area (Å²) in [5.74, 6) is 1.88. The van der Waals surface area contributed by atoms with E-state index in [-0.39, 0.29) is 6.23 Å². The molecule has 0 bridgehead atoms. The van der Waals surface area contributed by atoms with Crippen molar-refractivity contribution in [3.8, 4) is 0 Å². The van der Waals surface area contributed by atoms with E-state index in [1.807, 2.05) is 12.3 Å². The van der Waals surface area contributed by atoms with Crippen LogP contribution in [0.15, 0.2) is 18.3 Å². The number of ether oxygens (including phenoxy) is 1. The van der Waals surface area contributed by atoms with Gasteiger partial charge < -0.3 is 10.1 Å². The third kappa shape index (κ3) is 2.75. The number of imidazole rings is 1. The molecule has 118 valence electrons. The summed E-state index contributed by atoms with van der Waals surface area (Å²) in [6.07, 6.45) is 8.95. The Morgan fingerprint density at radius 2 is 2.14 bits per heavy atom. The van der Waals surface area contributed by atoms with Crippen LogP contribution in [0.25, 0.3) is 11.2 Å². The monoisotopic (exact) mass is 300 g/mol. The summed E-state index contributed by atoms with van der Waals surface area (Å²) in [5, 5.41) is 3.44. The number of fused-ring (bicyclic) bond motifs is 1. The van der Waals surface area contributed by atoms with Gasteiger partial charge in [-0.2, -0.15) is 0 Å². The van der Waals surface area contributed by atoms with Crippen molar-refractivity contribution < 1.29 is 4.74 Å². The summed E-state index contributed by atoms with van der Waals surface area (Å²) in [6.45, 7) is 3.11. The Hall–Kier alpha value is -1.46. The van der Waals surface area contributed by atoms with E-state index >= 15 is 0 Å². The van der Waals surface area contributed by atoms with E-state index in [1.165, 1.54) is 25.7 Å². The topological polar surface area (TPSA) is 52.0 Å². The summed E-state index contributed by atoms with van der Waals surface area (Å²) in [4.78, 5) is 9.46. The van der Waals surface area contributed by atoms with E-state index in [1.54, 1.807) is 0 Å². The molecule has 2 fully saturated rings. The lowest BCUT2D eigenvalue weighted by Crippen LogP contribution is -2.30. The third-order valence-corrected chi connectivity index (χ3v) is 4.90. The average Bonchev–Trinajstić information content (AvgIpc) is 2.94. The van der Waals surface area contributed by atoms with E-state index < -0.39 is 0 Å². The number of hydrogen-bond donors (Lipinski definition) is 1. The van der Waals surface area contributed by atoms with Crippen LogP contribution in [0.1, 0.15) is 44.2 Å². The average molecular weight is 300 g/mol. The summed E-state index contributed by atoms with van der Waals surface area (Å²) in [5.41, 5.74) is 1.99. The molecule has 0 aromatic carbocycles. The van der Waals surface area contributed by atoms with E-state index in [0.717, 1.165) is 55.4 Å². The molecule has 0 amide bonds. The molecule has 0 radical (unpaired) electrons. The number of rotatable bonds is 3. The molecule has 2 saturated heterocycles. The first kappa shape index (κ1) is 14.2. The molecule has 1 N–H and O–H groups in total. The van der Waals surface area contributed by atoms with Gasteiger partial charge in [-0.25, -0.2) is 9.97 Å². The van der Waals surface area contributed by atoms with Crippen LogP contribution in [-0.2, 0) is 11.2 Å². The number of aromatic nitrogens is 3. The minimum atomic E-state index is 0.116. The zero-order valence-corrected chi connectivity index (χ0v) is 13.0. The van der Waals surface area contributed by atoms with Crippen LogP contribution in [0.5, 0.6) is 0 Å². The Labute approximate surface area is 131 Å². The highest BCUT2D eigenvalue weighted by Gasteiger charge is 2.25. The number of nitrogens with one attached hydrogen (secondary N) is 1. The molecule has 0 saturated carbocycles. The molecule has 2 aromatic heterocycles. The van der Waals surface area contributed by atoms with Gasteiger partial charge in [0.15, 0.2) is 5.65 Å². The normalized spacial score (nSPS) is 23.9. The van der Waals surface area contributed by atoms with Crippen molar-refractivity contribution in [1.29, 1.82) is 0 Å². The van der Waals surface area contributed by atoms with Crippen LogP contribution in [0.2, 0.25) is 0 Å². The van der Waals surface area contributed by atoms with Gasteiger partial charge in [-0.3, -0.25) is 4.57 Å². The van der Waals surface area contributed by atoms with E-state index in [9.17, 15) is 0 Å². The van der Waals surface area contributed by atoms with E-state index in [2.05, 4.69) is 20.9 Å². The van der Waals surface area contributed by atoms with Crippen molar-refractivity contribution in [2.24, 2.45) is 5.92 Å². The lowest BCUT2D eigenvalue weighted by molar-refractivity contribution is -0.0316. The van der Waals surface area contributed by atoms with Gasteiger partial charge in [0, 0.05) is 19.2 Å². The van der Waals surface area contributed by atoms with Gasteiger partial charge in [0.1, 0.15) is 17.6 Å². The summed E-state index contributed by atoms with van der Waals surface area (Å²) < 4.78 is 8.31. The minimum Gasteiger partial charge on any atom is -0.358 e. The predicted octanol–water partition coefficient (Wildman–Crippen LogP) is 2.67. The molecule has 4 rings (SSSR count). The molecule has 1 atom stereocenters. The van der Waals surface area contributed by atoms with Crippen molar-refractivity contribution in [2.45, 2.75) is 44.8 Å². The Morgan fingerprint density at radius 3 is 2.95 bits per heavy atom. The van der Waals surface area contributed by atoms with E-state index in [0.29, 0.717) is 0 Å². The Balaban J connectivity index is 1.68. The first-order valence-electron chi connectivity index (χ1n) is 8.56. The van der Waals surface area contributed by atoms with Crippen LogP contribution in [-0.4, -0.2) is 34.2 Å². The molecule has 0 spiro atoms. The number of piperidine rings is 1. The van der Waals surface area contributed by atoms with Crippen LogP contribution >= 0.6 is 0 Å². The maximum absolute atomic E-state index is 6.03. The summed E-state index contributed by atoms with van der Waals surface area (Å²) in [6, 6.07) is 4.03. The lowest BCUT2D eigenvalue weighted by atomic mass is 9.94. The van der Waals surface area contributed by atoms with Crippen molar-refractivity contribution in [3.63, 3.8) is 0 Å². The molecule has 2 aromatic rings. The first-order chi connectivity index (χ1) is 10.9. The lowest BCUT2D eigenvalue weighted by Gasteiger charge is -2.27. The highest BCUT2D eigenvalue weighted by Crippen LogP contribution is 2.29. The molecule has 5 heteroatoms. The summed E-state index contributed by atoms with van der Waals surface area (Å²) >= 11 is 0. The molecular formula is C17H24N4O. The van der Waals surface area contributed by atoms with Gasteiger partial charge in [-0.15, -0.1) is 0 Å². The molecule has 5 nitrogen and oxygen atoms in total. The van der Waals surface area contributed by atoms with Crippen LogP contribution < -0.4 is 5.32 Å². The van der Waals surface area contributed by atoms with Crippen LogP contribution in [0.4, 0.5) is 0 Å². The van der Waals surface area contributed by atoms with Gasteiger partial charge in [0.05, 0.1) is 0 Å². The zero-order chi connectivity index (χ0) is 14.8. The van der Waals surface area contributed by atoms with Gasteiger partial charge in [0.25, 0.3) is 0 Å². The fraction of sp³-hybridized carbons (Fsp3) is 0.647. The van der Waals surface area contributed by atoms with Crippen molar-refractivity contribution >= 4 is 11.2 Å². The highest BCUT2D eigenvalue weighted by molar-refractivity contribution is 5.71. The van der Waals surface area contributed by atoms with Crippen molar-refractivity contribution in [1.82, 2.24) is 19.9 Å². The number of hydrogen-bond acceptors (Lipinski definition) is 4. The minimum absolute atomic E-state index is 0.116. The maximum atomic E-state index is 6.03. The second-order valence-corrected chi connectivity index (χ2v) is 6.46. The maximum Gasteiger partial charge on any atom is 0.162 e. The number of pyridine rings is 1. The Kier molecular flexibility index (Phi) is 4.08.